The predicted molar refractivity (Wildman–Crippen MR) is 58.9 cm³/mol. The van der Waals surface area contributed by atoms with Crippen LogP contribution < -0.4 is 10.2 Å². The average molecular weight is 240 g/mol. The molecule has 0 spiro atoms. The molecule has 1 unspecified atom stereocenters. The van der Waals surface area contributed by atoms with E-state index >= 15 is 0 Å². The van der Waals surface area contributed by atoms with Gasteiger partial charge in [-0.05, 0) is 5.16 Å². The molecule has 94 valence electrons. The third kappa shape index (κ3) is 2.41. The van der Waals surface area contributed by atoms with Gasteiger partial charge in [0.15, 0.2) is 0 Å². The number of aromatic nitrogens is 2. The monoisotopic (exact) mass is 240 g/mol. The van der Waals surface area contributed by atoms with Crippen molar-refractivity contribution in [3.05, 3.63) is 5.89 Å². The zero-order valence-electron chi connectivity index (χ0n) is 9.59. The SMILES string of the molecule is C1COC(c2nc(N3CCOCC3)no2)CN1. The first kappa shape index (κ1) is 10.9. The van der Waals surface area contributed by atoms with E-state index in [0.717, 1.165) is 26.2 Å². The van der Waals surface area contributed by atoms with Crippen LogP contribution in [0.25, 0.3) is 0 Å². The van der Waals surface area contributed by atoms with E-state index in [2.05, 4.69) is 20.4 Å². The molecule has 3 rings (SSSR count). The Balaban J connectivity index is 1.68. The summed E-state index contributed by atoms with van der Waals surface area (Å²) >= 11 is 0. The Hall–Kier alpha value is -1.18. The molecule has 0 saturated carbocycles. The summed E-state index contributed by atoms with van der Waals surface area (Å²) in [7, 11) is 0. The quantitative estimate of drug-likeness (QED) is 0.751. The third-order valence-electron chi connectivity index (χ3n) is 2.93. The van der Waals surface area contributed by atoms with Gasteiger partial charge >= 0.3 is 0 Å². The standard InChI is InChI=1S/C10H16N4O3/c1-4-16-8(7-11-1)9-12-10(13-17-9)14-2-5-15-6-3-14/h8,11H,1-7H2. The van der Waals surface area contributed by atoms with E-state index in [-0.39, 0.29) is 6.10 Å². The fourth-order valence-corrected chi connectivity index (χ4v) is 1.97. The Kier molecular flexibility index (Phi) is 3.21. The maximum Gasteiger partial charge on any atom is 0.266 e. The van der Waals surface area contributed by atoms with Crippen LogP contribution in [-0.2, 0) is 9.47 Å². The molecule has 2 saturated heterocycles. The second-order valence-corrected chi connectivity index (χ2v) is 4.10. The largest absolute Gasteiger partial charge is 0.378 e. The van der Waals surface area contributed by atoms with Gasteiger partial charge in [-0.3, -0.25) is 0 Å². The van der Waals surface area contributed by atoms with Crippen LogP contribution in [0.5, 0.6) is 0 Å². The zero-order valence-corrected chi connectivity index (χ0v) is 9.59. The summed E-state index contributed by atoms with van der Waals surface area (Å²) in [5.74, 6) is 1.19. The number of ether oxygens (including phenoxy) is 2. The molecule has 2 fully saturated rings. The van der Waals surface area contributed by atoms with Gasteiger partial charge in [0.2, 0.25) is 0 Å². The van der Waals surface area contributed by atoms with E-state index in [1.54, 1.807) is 0 Å². The van der Waals surface area contributed by atoms with Crippen molar-refractivity contribution in [3.63, 3.8) is 0 Å². The molecule has 0 aromatic carbocycles. The highest BCUT2D eigenvalue weighted by Gasteiger charge is 2.24. The lowest BCUT2D eigenvalue weighted by Gasteiger charge is -2.24. The predicted octanol–water partition coefficient (Wildman–Crippen LogP) is -0.433. The Morgan fingerprint density at radius 2 is 2.12 bits per heavy atom. The van der Waals surface area contributed by atoms with Crippen molar-refractivity contribution in [2.75, 3.05) is 50.9 Å². The Bertz CT molecular complexity index is 326. The zero-order chi connectivity index (χ0) is 11.5. The molecule has 3 heterocycles. The summed E-state index contributed by atoms with van der Waals surface area (Å²) in [4.78, 5) is 6.45. The van der Waals surface area contributed by atoms with Gasteiger partial charge < -0.3 is 24.2 Å². The lowest BCUT2D eigenvalue weighted by Crippen LogP contribution is -2.37. The number of anilines is 1. The molecule has 7 heteroatoms. The summed E-state index contributed by atoms with van der Waals surface area (Å²) in [6.45, 7) is 5.33. The van der Waals surface area contributed by atoms with E-state index in [1.807, 2.05) is 0 Å². The van der Waals surface area contributed by atoms with Crippen LogP contribution in [0.1, 0.15) is 12.0 Å². The highest BCUT2D eigenvalue weighted by atomic mass is 16.5. The van der Waals surface area contributed by atoms with E-state index in [9.17, 15) is 0 Å². The Labute approximate surface area is 99.1 Å². The van der Waals surface area contributed by atoms with E-state index < -0.39 is 0 Å². The van der Waals surface area contributed by atoms with Crippen molar-refractivity contribution < 1.29 is 14.0 Å². The van der Waals surface area contributed by atoms with Crippen molar-refractivity contribution in [2.45, 2.75) is 6.10 Å². The van der Waals surface area contributed by atoms with Gasteiger partial charge in [0.25, 0.3) is 11.8 Å². The maximum atomic E-state index is 5.56. The summed E-state index contributed by atoms with van der Waals surface area (Å²) in [5, 5.41) is 7.23. The van der Waals surface area contributed by atoms with E-state index in [0.29, 0.717) is 31.7 Å². The first-order chi connectivity index (χ1) is 8.43. The molecule has 7 nitrogen and oxygen atoms in total. The third-order valence-corrected chi connectivity index (χ3v) is 2.93. The molecule has 2 aliphatic rings. The topological polar surface area (TPSA) is 72.7 Å². The molecule has 1 N–H and O–H groups in total. The molecule has 1 aromatic rings. The molecule has 17 heavy (non-hydrogen) atoms. The molecule has 1 aromatic heterocycles. The minimum absolute atomic E-state index is 0.119. The molecule has 0 aliphatic carbocycles. The van der Waals surface area contributed by atoms with Crippen LogP contribution in [0.15, 0.2) is 4.52 Å². The smallest absolute Gasteiger partial charge is 0.266 e. The minimum atomic E-state index is -0.119. The summed E-state index contributed by atoms with van der Waals surface area (Å²) in [6, 6.07) is 0. The summed E-state index contributed by atoms with van der Waals surface area (Å²) in [5.41, 5.74) is 0. The van der Waals surface area contributed by atoms with Gasteiger partial charge in [0.05, 0.1) is 19.8 Å². The first-order valence-corrected chi connectivity index (χ1v) is 5.92. The van der Waals surface area contributed by atoms with E-state index in [4.69, 9.17) is 14.0 Å². The highest BCUT2D eigenvalue weighted by molar-refractivity contribution is 5.28. The molecule has 0 radical (unpaired) electrons. The lowest BCUT2D eigenvalue weighted by atomic mass is 10.3. The van der Waals surface area contributed by atoms with Gasteiger partial charge in [0.1, 0.15) is 6.10 Å². The Morgan fingerprint density at radius 3 is 2.88 bits per heavy atom. The highest BCUT2D eigenvalue weighted by Crippen LogP contribution is 2.19. The molecular weight excluding hydrogens is 224 g/mol. The van der Waals surface area contributed by atoms with Gasteiger partial charge in [-0.2, -0.15) is 4.98 Å². The number of nitrogens with one attached hydrogen (secondary N) is 1. The van der Waals surface area contributed by atoms with Crippen molar-refractivity contribution in [3.8, 4) is 0 Å². The first-order valence-electron chi connectivity index (χ1n) is 5.92. The fraction of sp³-hybridized carbons (Fsp3) is 0.800. The molecule has 0 bridgehead atoms. The van der Waals surface area contributed by atoms with E-state index in [1.165, 1.54) is 0 Å². The van der Waals surface area contributed by atoms with Crippen LogP contribution in [0.2, 0.25) is 0 Å². The molecular formula is C10H16N4O3. The van der Waals surface area contributed by atoms with Gasteiger partial charge in [-0.25, -0.2) is 0 Å². The summed E-state index contributed by atoms with van der Waals surface area (Å²) in [6.07, 6.45) is -0.119. The average Bonchev–Trinajstić information content (AvgIpc) is 2.90. The van der Waals surface area contributed by atoms with Gasteiger partial charge in [-0.1, -0.05) is 0 Å². The molecule has 2 aliphatic heterocycles. The summed E-state index contributed by atoms with van der Waals surface area (Å²) < 4.78 is 16.1. The number of morpholine rings is 2. The molecule has 1 atom stereocenters. The lowest BCUT2D eigenvalue weighted by molar-refractivity contribution is 0.00755. The second kappa shape index (κ2) is 4.99. The second-order valence-electron chi connectivity index (χ2n) is 4.10. The number of hydrogen-bond acceptors (Lipinski definition) is 7. The molecule has 0 amide bonds. The van der Waals surface area contributed by atoms with Crippen LogP contribution in [0.4, 0.5) is 5.95 Å². The van der Waals surface area contributed by atoms with Crippen LogP contribution in [0, 0.1) is 0 Å². The number of nitrogens with zero attached hydrogens (tertiary/aromatic N) is 3. The minimum Gasteiger partial charge on any atom is -0.378 e. The van der Waals surface area contributed by atoms with Gasteiger partial charge in [0, 0.05) is 26.2 Å². The van der Waals surface area contributed by atoms with Crippen molar-refractivity contribution in [1.82, 2.24) is 15.5 Å². The fourth-order valence-electron chi connectivity index (χ4n) is 1.97. The number of rotatable bonds is 2. The van der Waals surface area contributed by atoms with Crippen molar-refractivity contribution >= 4 is 5.95 Å². The van der Waals surface area contributed by atoms with Crippen LogP contribution in [-0.4, -0.2) is 56.1 Å². The van der Waals surface area contributed by atoms with Crippen molar-refractivity contribution in [2.24, 2.45) is 0 Å². The maximum absolute atomic E-state index is 5.56. The number of hydrogen-bond donors (Lipinski definition) is 1. The van der Waals surface area contributed by atoms with Crippen LogP contribution >= 0.6 is 0 Å². The van der Waals surface area contributed by atoms with Gasteiger partial charge in [-0.15, -0.1) is 0 Å². The Morgan fingerprint density at radius 1 is 1.24 bits per heavy atom. The van der Waals surface area contributed by atoms with Crippen molar-refractivity contribution in [1.29, 1.82) is 0 Å². The van der Waals surface area contributed by atoms with Crippen LogP contribution in [0.3, 0.4) is 0 Å². The normalized spacial score (nSPS) is 26.1.